The number of hydrogen-bond acceptors (Lipinski definition) is 6. The number of benzene rings is 1. The van der Waals surface area contributed by atoms with E-state index in [2.05, 4.69) is 34.4 Å². The maximum atomic E-state index is 11.6. The van der Waals surface area contributed by atoms with E-state index < -0.39 is 4.92 Å². The van der Waals surface area contributed by atoms with E-state index in [9.17, 15) is 14.9 Å². The summed E-state index contributed by atoms with van der Waals surface area (Å²) in [6.45, 7) is 6.79. The van der Waals surface area contributed by atoms with Gasteiger partial charge in [0.15, 0.2) is 0 Å². The van der Waals surface area contributed by atoms with Gasteiger partial charge in [-0.2, -0.15) is 0 Å². The van der Waals surface area contributed by atoms with Gasteiger partial charge in [0, 0.05) is 57.4 Å². The van der Waals surface area contributed by atoms with Gasteiger partial charge in [-0.3, -0.25) is 19.8 Å². The van der Waals surface area contributed by atoms with Crippen molar-refractivity contribution in [1.29, 1.82) is 0 Å². The van der Waals surface area contributed by atoms with E-state index in [-0.39, 0.29) is 23.2 Å². The molecule has 1 aromatic rings. The lowest BCUT2D eigenvalue weighted by Gasteiger charge is -2.36. The van der Waals surface area contributed by atoms with Crippen molar-refractivity contribution in [1.82, 2.24) is 15.1 Å². The molecule has 1 saturated heterocycles. The van der Waals surface area contributed by atoms with E-state index in [4.69, 9.17) is 0 Å². The number of nitro benzene ring substituents is 1. The van der Waals surface area contributed by atoms with Crippen LogP contribution in [0.1, 0.15) is 17.3 Å². The van der Waals surface area contributed by atoms with Crippen molar-refractivity contribution in [2.45, 2.75) is 13.0 Å². The number of hydrogen-bond donors (Lipinski definition) is 2. The number of amides is 1. The first kappa shape index (κ1) is 18.2. The van der Waals surface area contributed by atoms with Gasteiger partial charge in [-0.25, -0.2) is 0 Å². The molecule has 8 nitrogen and oxygen atoms in total. The molecular weight excluding hydrogens is 310 g/mol. The van der Waals surface area contributed by atoms with E-state index >= 15 is 0 Å². The summed E-state index contributed by atoms with van der Waals surface area (Å²) in [6.07, 6.45) is 0. The van der Waals surface area contributed by atoms with Gasteiger partial charge in [0.2, 0.25) is 0 Å². The number of rotatable bonds is 6. The van der Waals surface area contributed by atoms with E-state index in [0.29, 0.717) is 12.2 Å². The number of anilines is 1. The van der Waals surface area contributed by atoms with Crippen LogP contribution in [0.25, 0.3) is 0 Å². The number of nitro groups is 1. The van der Waals surface area contributed by atoms with Gasteiger partial charge in [-0.1, -0.05) is 0 Å². The van der Waals surface area contributed by atoms with E-state index in [0.717, 1.165) is 26.2 Å². The van der Waals surface area contributed by atoms with Crippen LogP contribution < -0.4 is 10.6 Å². The molecule has 1 heterocycles. The Hall–Kier alpha value is -2.19. The third-order valence-electron chi connectivity index (χ3n) is 4.43. The topological polar surface area (TPSA) is 90.8 Å². The Morgan fingerprint density at radius 1 is 1.33 bits per heavy atom. The normalized spacial score (nSPS) is 17.3. The quantitative estimate of drug-likeness (QED) is 0.595. The minimum absolute atomic E-state index is 0.0818. The van der Waals surface area contributed by atoms with Crippen LogP contribution in [-0.2, 0) is 0 Å². The molecule has 0 aliphatic carbocycles. The minimum atomic E-state index is -0.463. The van der Waals surface area contributed by atoms with E-state index in [1.807, 2.05) is 0 Å². The van der Waals surface area contributed by atoms with Crippen molar-refractivity contribution in [3.8, 4) is 0 Å². The second kappa shape index (κ2) is 8.07. The van der Waals surface area contributed by atoms with Crippen molar-refractivity contribution in [3.63, 3.8) is 0 Å². The van der Waals surface area contributed by atoms with Crippen molar-refractivity contribution >= 4 is 17.3 Å². The fourth-order valence-corrected chi connectivity index (χ4v) is 2.77. The molecule has 1 aliphatic heterocycles. The van der Waals surface area contributed by atoms with Crippen LogP contribution in [0.5, 0.6) is 0 Å². The second-order valence-corrected chi connectivity index (χ2v) is 6.14. The zero-order valence-electron chi connectivity index (χ0n) is 14.4. The highest BCUT2D eigenvalue weighted by molar-refractivity contribution is 5.95. The molecule has 0 saturated carbocycles. The number of nitrogens with zero attached hydrogens (tertiary/aromatic N) is 3. The lowest BCUT2D eigenvalue weighted by atomic mass is 10.1. The fourth-order valence-electron chi connectivity index (χ4n) is 2.77. The molecule has 0 bridgehead atoms. The standard InChI is InChI=1S/C16H25N5O3/c1-12(20-8-6-19(3)7-9-20)11-18-14-5-4-13(16(22)17-2)10-15(14)21(23)24/h4-5,10,12,18H,6-9,11H2,1-3H3,(H,17,22). The van der Waals surface area contributed by atoms with E-state index in [1.54, 1.807) is 12.1 Å². The SMILES string of the molecule is CNC(=O)c1ccc(NCC(C)N2CCN(C)CC2)c([N+](=O)[O-])c1. The van der Waals surface area contributed by atoms with Crippen molar-refractivity contribution in [3.05, 3.63) is 33.9 Å². The van der Waals surface area contributed by atoms with Crippen LogP contribution in [0.3, 0.4) is 0 Å². The molecule has 0 aromatic heterocycles. The molecule has 2 rings (SSSR count). The van der Waals surface area contributed by atoms with Crippen LogP contribution in [0.4, 0.5) is 11.4 Å². The first-order valence-electron chi connectivity index (χ1n) is 8.09. The summed E-state index contributed by atoms with van der Waals surface area (Å²) in [5, 5.41) is 16.9. The molecule has 0 radical (unpaired) electrons. The summed E-state index contributed by atoms with van der Waals surface area (Å²) in [6, 6.07) is 4.77. The Morgan fingerprint density at radius 3 is 2.58 bits per heavy atom. The third-order valence-corrected chi connectivity index (χ3v) is 4.43. The monoisotopic (exact) mass is 335 g/mol. The maximum Gasteiger partial charge on any atom is 0.293 e. The molecule has 1 aromatic carbocycles. The summed E-state index contributed by atoms with van der Waals surface area (Å²) < 4.78 is 0. The summed E-state index contributed by atoms with van der Waals surface area (Å²) in [7, 11) is 3.61. The predicted molar refractivity (Wildman–Crippen MR) is 93.5 cm³/mol. The van der Waals surface area contributed by atoms with Crippen LogP contribution in [0.15, 0.2) is 18.2 Å². The molecule has 132 valence electrons. The molecule has 1 aliphatic rings. The molecule has 2 N–H and O–H groups in total. The Morgan fingerprint density at radius 2 is 2.00 bits per heavy atom. The molecule has 8 heteroatoms. The molecule has 1 amide bonds. The van der Waals surface area contributed by atoms with Gasteiger partial charge in [0.25, 0.3) is 11.6 Å². The van der Waals surface area contributed by atoms with Gasteiger partial charge >= 0.3 is 0 Å². The Bertz CT molecular complexity index is 599. The highest BCUT2D eigenvalue weighted by atomic mass is 16.6. The van der Waals surface area contributed by atoms with Crippen LogP contribution in [-0.4, -0.2) is 73.5 Å². The highest BCUT2D eigenvalue weighted by Crippen LogP contribution is 2.25. The Labute approximate surface area is 142 Å². The van der Waals surface area contributed by atoms with Crippen molar-refractivity contribution in [2.75, 3.05) is 52.1 Å². The number of nitrogens with one attached hydrogen (secondary N) is 2. The average Bonchev–Trinajstić information content (AvgIpc) is 2.59. The van der Waals surface area contributed by atoms with Gasteiger partial charge < -0.3 is 15.5 Å². The van der Waals surface area contributed by atoms with Crippen LogP contribution in [0, 0.1) is 10.1 Å². The Kier molecular flexibility index (Phi) is 6.10. The zero-order valence-corrected chi connectivity index (χ0v) is 14.4. The molecule has 24 heavy (non-hydrogen) atoms. The number of carbonyl (C=O) groups excluding carboxylic acids is 1. The molecular formula is C16H25N5O3. The molecule has 1 unspecified atom stereocenters. The van der Waals surface area contributed by atoms with Gasteiger partial charge in [-0.05, 0) is 26.1 Å². The lowest BCUT2D eigenvalue weighted by molar-refractivity contribution is -0.384. The Balaban J connectivity index is 2.03. The average molecular weight is 335 g/mol. The maximum absolute atomic E-state index is 11.6. The first-order valence-corrected chi connectivity index (χ1v) is 8.09. The summed E-state index contributed by atoms with van der Waals surface area (Å²) in [5.74, 6) is -0.338. The molecule has 1 atom stereocenters. The second-order valence-electron chi connectivity index (χ2n) is 6.14. The van der Waals surface area contributed by atoms with Crippen LogP contribution >= 0.6 is 0 Å². The van der Waals surface area contributed by atoms with Crippen LogP contribution in [0.2, 0.25) is 0 Å². The van der Waals surface area contributed by atoms with E-state index in [1.165, 1.54) is 13.1 Å². The third kappa shape index (κ3) is 4.42. The number of carbonyl (C=O) groups is 1. The summed E-state index contributed by atoms with van der Waals surface area (Å²) >= 11 is 0. The highest BCUT2D eigenvalue weighted by Gasteiger charge is 2.21. The number of piperazine rings is 1. The largest absolute Gasteiger partial charge is 0.378 e. The van der Waals surface area contributed by atoms with Gasteiger partial charge in [0.05, 0.1) is 4.92 Å². The summed E-state index contributed by atoms with van der Waals surface area (Å²) in [5.41, 5.74) is 0.636. The minimum Gasteiger partial charge on any atom is -0.378 e. The smallest absolute Gasteiger partial charge is 0.293 e. The lowest BCUT2D eigenvalue weighted by Crippen LogP contribution is -2.49. The van der Waals surface area contributed by atoms with Crippen molar-refractivity contribution in [2.24, 2.45) is 0 Å². The zero-order chi connectivity index (χ0) is 17.7. The van der Waals surface area contributed by atoms with Crippen molar-refractivity contribution < 1.29 is 9.72 Å². The predicted octanol–water partition coefficient (Wildman–Crippen LogP) is 1.00. The number of likely N-dealkylation sites (N-methyl/N-ethyl adjacent to an activating group) is 1. The molecule has 1 fully saturated rings. The first-order chi connectivity index (χ1) is 11.4. The summed E-state index contributed by atoms with van der Waals surface area (Å²) in [4.78, 5) is 27.1. The molecule has 0 spiro atoms. The fraction of sp³-hybridized carbons (Fsp3) is 0.562. The van der Waals surface area contributed by atoms with Gasteiger partial charge in [-0.15, -0.1) is 0 Å². The van der Waals surface area contributed by atoms with Gasteiger partial charge in [0.1, 0.15) is 5.69 Å².